The lowest BCUT2D eigenvalue weighted by Gasteiger charge is -2.50. The summed E-state index contributed by atoms with van der Waals surface area (Å²) in [7, 11) is 0. The van der Waals surface area contributed by atoms with Crippen molar-refractivity contribution in [1.82, 2.24) is 0 Å². The van der Waals surface area contributed by atoms with Gasteiger partial charge in [0.2, 0.25) is 0 Å². The Balaban J connectivity index is 1.83. The van der Waals surface area contributed by atoms with Crippen molar-refractivity contribution in [3.63, 3.8) is 0 Å². The van der Waals surface area contributed by atoms with Crippen LogP contribution in [0.5, 0.6) is 0 Å². The maximum Gasteiger partial charge on any atom is 0.329 e. The maximum atomic E-state index is 5.82. The summed E-state index contributed by atoms with van der Waals surface area (Å²) in [5.41, 5.74) is 0.756. The average Bonchev–Trinajstić information content (AvgIpc) is 2.83. The Bertz CT molecular complexity index is 343. The molecule has 5 nitrogen and oxygen atoms in total. The standard InChI is InChI=1S/C13H21NO4/c1-4-9-10(5-2)18-14-11(9)13-15-6-12(3,7-16-13)8-17-13/h9-10H,4-8H2,1-3H3/t9-,10-,12?,13?/m1/s1. The molecule has 0 radical (unpaired) electrons. The van der Waals surface area contributed by atoms with Crippen LogP contribution in [0.4, 0.5) is 0 Å². The van der Waals surface area contributed by atoms with Gasteiger partial charge in [0.25, 0.3) is 0 Å². The number of oxime groups is 1. The van der Waals surface area contributed by atoms with Gasteiger partial charge in [0.15, 0.2) is 5.71 Å². The van der Waals surface area contributed by atoms with Gasteiger partial charge >= 0.3 is 5.97 Å². The second-order valence-corrected chi connectivity index (χ2v) is 5.78. The summed E-state index contributed by atoms with van der Waals surface area (Å²) in [6.07, 6.45) is 2.00. The van der Waals surface area contributed by atoms with E-state index >= 15 is 0 Å². The van der Waals surface area contributed by atoms with E-state index in [1.807, 2.05) is 0 Å². The van der Waals surface area contributed by atoms with Gasteiger partial charge in [-0.15, -0.1) is 0 Å². The predicted octanol–water partition coefficient (Wildman–Crippen LogP) is 1.91. The summed E-state index contributed by atoms with van der Waals surface area (Å²) in [4.78, 5) is 5.49. The lowest BCUT2D eigenvalue weighted by molar-refractivity contribution is -0.430. The number of fused-ring (bicyclic) bond motifs is 3. The molecule has 102 valence electrons. The van der Waals surface area contributed by atoms with Gasteiger partial charge in [0.05, 0.1) is 19.8 Å². The Kier molecular flexibility index (Phi) is 2.88. The number of ether oxygens (including phenoxy) is 3. The first-order valence-corrected chi connectivity index (χ1v) is 6.78. The monoisotopic (exact) mass is 255 g/mol. The molecule has 0 spiro atoms. The van der Waals surface area contributed by atoms with Gasteiger partial charge in [-0.2, -0.15) is 0 Å². The summed E-state index contributed by atoms with van der Waals surface area (Å²) < 4.78 is 17.5. The highest BCUT2D eigenvalue weighted by Gasteiger charge is 2.57. The van der Waals surface area contributed by atoms with Crippen molar-refractivity contribution >= 4 is 5.71 Å². The third-order valence-electron chi connectivity index (χ3n) is 4.07. The number of hydrogen-bond acceptors (Lipinski definition) is 5. The van der Waals surface area contributed by atoms with E-state index < -0.39 is 5.97 Å². The molecule has 0 unspecified atom stereocenters. The van der Waals surface area contributed by atoms with E-state index in [2.05, 4.69) is 25.9 Å². The highest BCUT2D eigenvalue weighted by molar-refractivity contribution is 5.93. The van der Waals surface area contributed by atoms with E-state index in [0.29, 0.717) is 19.8 Å². The van der Waals surface area contributed by atoms with E-state index in [1.54, 1.807) is 0 Å². The van der Waals surface area contributed by atoms with Gasteiger partial charge in [-0.1, -0.05) is 25.9 Å². The molecule has 4 rings (SSSR count). The Morgan fingerprint density at radius 1 is 1.11 bits per heavy atom. The minimum Gasteiger partial charge on any atom is -0.392 e. The molecule has 0 aliphatic carbocycles. The van der Waals surface area contributed by atoms with Gasteiger partial charge in [0, 0.05) is 11.3 Å². The molecule has 0 aromatic heterocycles. The van der Waals surface area contributed by atoms with Crippen LogP contribution in [0.25, 0.3) is 0 Å². The van der Waals surface area contributed by atoms with Crippen LogP contribution in [-0.4, -0.2) is 37.6 Å². The minimum atomic E-state index is -1.08. The summed E-state index contributed by atoms with van der Waals surface area (Å²) in [5, 5.41) is 4.20. The van der Waals surface area contributed by atoms with Crippen LogP contribution in [0.3, 0.4) is 0 Å². The lowest BCUT2D eigenvalue weighted by atomic mass is 9.87. The number of rotatable bonds is 3. The summed E-state index contributed by atoms with van der Waals surface area (Å²) in [6.45, 7) is 8.29. The highest BCUT2D eigenvalue weighted by atomic mass is 16.9. The van der Waals surface area contributed by atoms with Crippen LogP contribution in [0.2, 0.25) is 0 Å². The molecule has 5 heteroatoms. The van der Waals surface area contributed by atoms with Crippen LogP contribution >= 0.6 is 0 Å². The van der Waals surface area contributed by atoms with Crippen LogP contribution in [0.1, 0.15) is 33.6 Å². The topological polar surface area (TPSA) is 49.3 Å². The first-order valence-electron chi connectivity index (χ1n) is 6.78. The SMILES string of the molecule is CC[C@H]1ON=C(C23OCC(C)(CO2)CO3)[C@@H]1CC. The summed E-state index contributed by atoms with van der Waals surface area (Å²) in [5.74, 6) is -0.861. The van der Waals surface area contributed by atoms with E-state index in [-0.39, 0.29) is 17.4 Å². The van der Waals surface area contributed by atoms with Crippen LogP contribution in [0, 0.1) is 11.3 Å². The quantitative estimate of drug-likeness (QED) is 0.773. The Labute approximate surface area is 107 Å². The van der Waals surface area contributed by atoms with Gasteiger partial charge in [-0.3, -0.25) is 0 Å². The van der Waals surface area contributed by atoms with Gasteiger partial charge in [0.1, 0.15) is 6.10 Å². The van der Waals surface area contributed by atoms with Crippen molar-refractivity contribution < 1.29 is 19.0 Å². The first-order chi connectivity index (χ1) is 8.62. The fourth-order valence-electron chi connectivity index (χ4n) is 2.82. The number of hydrogen-bond donors (Lipinski definition) is 0. The third-order valence-corrected chi connectivity index (χ3v) is 4.07. The van der Waals surface area contributed by atoms with Gasteiger partial charge in [-0.25, -0.2) is 0 Å². The third kappa shape index (κ3) is 1.68. The Morgan fingerprint density at radius 3 is 2.22 bits per heavy atom. The molecule has 3 saturated heterocycles. The molecular formula is C13H21NO4. The fourth-order valence-corrected chi connectivity index (χ4v) is 2.82. The molecule has 3 fully saturated rings. The lowest BCUT2D eigenvalue weighted by Crippen LogP contribution is -2.63. The molecule has 0 aromatic rings. The van der Waals surface area contributed by atoms with Crippen LogP contribution < -0.4 is 0 Å². The van der Waals surface area contributed by atoms with E-state index in [0.717, 1.165) is 18.6 Å². The average molecular weight is 255 g/mol. The van der Waals surface area contributed by atoms with Crippen molar-refractivity contribution in [2.24, 2.45) is 16.5 Å². The molecule has 0 amide bonds. The van der Waals surface area contributed by atoms with E-state index in [4.69, 9.17) is 19.0 Å². The zero-order valence-electron chi connectivity index (χ0n) is 11.3. The molecule has 2 atom stereocenters. The maximum absolute atomic E-state index is 5.82. The molecule has 0 N–H and O–H groups in total. The van der Waals surface area contributed by atoms with Crippen molar-refractivity contribution in [3.8, 4) is 0 Å². The molecule has 4 heterocycles. The van der Waals surface area contributed by atoms with E-state index in [1.165, 1.54) is 0 Å². The molecule has 0 aromatic carbocycles. The molecule has 2 bridgehead atoms. The molecule has 0 saturated carbocycles. The summed E-state index contributed by atoms with van der Waals surface area (Å²) in [6, 6.07) is 0. The number of nitrogens with zero attached hydrogens (tertiary/aromatic N) is 1. The van der Waals surface area contributed by atoms with Crippen molar-refractivity contribution in [1.29, 1.82) is 0 Å². The van der Waals surface area contributed by atoms with Gasteiger partial charge in [-0.05, 0) is 12.8 Å². The smallest absolute Gasteiger partial charge is 0.329 e. The highest BCUT2D eigenvalue weighted by Crippen LogP contribution is 2.42. The van der Waals surface area contributed by atoms with Crippen LogP contribution in [-0.2, 0) is 19.0 Å². The Morgan fingerprint density at radius 2 is 1.72 bits per heavy atom. The molecule has 18 heavy (non-hydrogen) atoms. The Hall–Kier alpha value is -0.650. The molecule has 4 aliphatic heterocycles. The zero-order valence-corrected chi connectivity index (χ0v) is 11.3. The minimum absolute atomic E-state index is 0.0202. The van der Waals surface area contributed by atoms with Crippen molar-refractivity contribution in [2.45, 2.75) is 45.7 Å². The van der Waals surface area contributed by atoms with Crippen LogP contribution in [0.15, 0.2) is 5.16 Å². The molecule has 4 aliphatic rings. The second kappa shape index (κ2) is 4.18. The predicted molar refractivity (Wildman–Crippen MR) is 65.1 cm³/mol. The van der Waals surface area contributed by atoms with Crippen molar-refractivity contribution in [3.05, 3.63) is 0 Å². The largest absolute Gasteiger partial charge is 0.392 e. The van der Waals surface area contributed by atoms with E-state index in [9.17, 15) is 0 Å². The second-order valence-electron chi connectivity index (χ2n) is 5.78. The van der Waals surface area contributed by atoms with Crippen molar-refractivity contribution in [2.75, 3.05) is 19.8 Å². The molecular weight excluding hydrogens is 234 g/mol. The normalized spacial score (nSPS) is 46.9. The first kappa shape index (κ1) is 12.4. The summed E-state index contributed by atoms with van der Waals surface area (Å²) >= 11 is 0. The van der Waals surface area contributed by atoms with Gasteiger partial charge < -0.3 is 19.0 Å². The zero-order chi connectivity index (χ0) is 12.8. The fraction of sp³-hybridized carbons (Fsp3) is 0.923.